The van der Waals surface area contributed by atoms with E-state index in [0.29, 0.717) is 10.9 Å². The minimum Gasteiger partial charge on any atom is -0.365 e. The lowest BCUT2D eigenvalue weighted by molar-refractivity contribution is 0.0998. The zero-order chi connectivity index (χ0) is 11.9. The number of rotatable bonds is 1. The lowest BCUT2D eigenvalue weighted by Gasteiger charge is -2.06. The standard InChI is InChI=1S/C11H9FN2O2/c1-14-9-3-2-7(12)4-6(9)5-8(10(13)15)11(14)16/h2-5H,1H3,(H2,13,15). The topological polar surface area (TPSA) is 65.1 Å². The Kier molecular flexibility index (Phi) is 2.23. The number of nitrogens with two attached hydrogens (primary N) is 1. The number of halogens is 1. The first-order chi connectivity index (χ1) is 7.50. The highest BCUT2D eigenvalue weighted by Crippen LogP contribution is 2.14. The molecule has 4 nitrogen and oxygen atoms in total. The molecule has 2 rings (SSSR count). The Morgan fingerprint density at radius 1 is 1.38 bits per heavy atom. The summed E-state index contributed by atoms with van der Waals surface area (Å²) in [7, 11) is 1.51. The Hall–Kier alpha value is -2.17. The van der Waals surface area contributed by atoms with Crippen LogP contribution in [0, 0.1) is 5.82 Å². The van der Waals surface area contributed by atoms with Gasteiger partial charge in [0.05, 0.1) is 5.52 Å². The van der Waals surface area contributed by atoms with Gasteiger partial charge in [-0.2, -0.15) is 0 Å². The van der Waals surface area contributed by atoms with Gasteiger partial charge in [0, 0.05) is 12.4 Å². The SMILES string of the molecule is Cn1c(=O)c(C(N)=O)cc2cc(F)ccc21. The van der Waals surface area contributed by atoms with Crippen LogP contribution in [0.2, 0.25) is 0 Å². The Morgan fingerprint density at radius 2 is 2.06 bits per heavy atom. The summed E-state index contributed by atoms with van der Waals surface area (Å²) >= 11 is 0. The molecular formula is C11H9FN2O2. The molecule has 1 amide bonds. The Bertz CT molecular complexity index is 646. The lowest BCUT2D eigenvalue weighted by Crippen LogP contribution is -2.28. The number of fused-ring (bicyclic) bond motifs is 1. The summed E-state index contributed by atoms with van der Waals surface area (Å²) in [5.74, 6) is -1.24. The van der Waals surface area contributed by atoms with Crippen LogP contribution < -0.4 is 11.3 Å². The molecule has 0 spiro atoms. The highest BCUT2D eigenvalue weighted by molar-refractivity contribution is 5.96. The summed E-state index contributed by atoms with van der Waals surface area (Å²) in [6.07, 6.45) is 0. The van der Waals surface area contributed by atoms with Gasteiger partial charge in [0.1, 0.15) is 11.4 Å². The third-order valence-corrected chi connectivity index (χ3v) is 2.45. The minimum absolute atomic E-state index is 0.138. The van der Waals surface area contributed by atoms with Crippen LogP contribution in [0.4, 0.5) is 4.39 Å². The summed E-state index contributed by atoms with van der Waals surface area (Å²) < 4.78 is 14.3. The smallest absolute Gasteiger partial charge is 0.263 e. The van der Waals surface area contributed by atoms with Gasteiger partial charge < -0.3 is 10.3 Å². The number of hydrogen-bond acceptors (Lipinski definition) is 2. The zero-order valence-electron chi connectivity index (χ0n) is 8.53. The summed E-state index contributed by atoms with van der Waals surface area (Å²) in [4.78, 5) is 22.7. The van der Waals surface area contributed by atoms with E-state index >= 15 is 0 Å². The van der Waals surface area contributed by atoms with E-state index < -0.39 is 17.3 Å². The number of benzene rings is 1. The van der Waals surface area contributed by atoms with E-state index in [1.54, 1.807) is 0 Å². The van der Waals surface area contributed by atoms with Gasteiger partial charge in [0.15, 0.2) is 0 Å². The lowest BCUT2D eigenvalue weighted by atomic mass is 10.1. The normalized spacial score (nSPS) is 10.6. The Labute approximate surface area is 90.1 Å². The highest BCUT2D eigenvalue weighted by Gasteiger charge is 2.11. The van der Waals surface area contributed by atoms with Crippen LogP contribution in [0.15, 0.2) is 29.1 Å². The number of pyridine rings is 1. The number of aryl methyl sites for hydroxylation is 1. The predicted octanol–water partition coefficient (Wildman–Crippen LogP) is 0.776. The van der Waals surface area contributed by atoms with E-state index in [1.807, 2.05) is 0 Å². The average Bonchev–Trinajstić information content (AvgIpc) is 2.22. The zero-order valence-corrected chi connectivity index (χ0v) is 8.53. The summed E-state index contributed by atoms with van der Waals surface area (Å²) in [6, 6.07) is 5.30. The van der Waals surface area contributed by atoms with Crippen LogP contribution in [0.25, 0.3) is 10.9 Å². The van der Waals surface area contributed by atoms with Crippen molar-refractivity contribution in [2.24, 2.45) is 12.8 Å². The van der Waals surface area contributed by atoms with Gasteiger partial charge in [-0.15, -0.1) is 0 Å². The first-order valence-electron chi connectivity index (χ1n) is 4.60. The predicted molar refractivity (Wildman–Crippen MR) is 57.7 cm³/mol. The Morgan fingerprint density at radius 3 is 2.69 bits per heavy atom. The molecule has 1 aromatic heterocycles. The van der Waals surface area contributed by atoms with Crippen molar-refractivity contribution in [3.05, 3.63) is 46.0 Å². The van der Waals surface area contributed by atoms with Gasteiger partial charge in [0.2, 0.25) is 0 Å². The third-order valence-electron chi connectivity index (χ3n) is 2.45. The van der Waals surface area contributed by atoms with Crippen LogP contribution >= 0.6 is 0 Å². The molecule has 82 valence electrons. The van der Waals surface area contributed by atoms with E-state index in [1.165, 1.54) is 35.9 Å². The molecule has 0 bridgehead atoms. The second-order valence-electron chi connectivity index (χ2n) is 3.49. The maximum Gasteiger partial charge on any atom is 0.263 e. The number of primary amides is 1. The van der Waals surface area contributed by atoms with Gasteiger partial charge >= 0.3 is 0 Å². The van der Waals surface area contributed by atoms with Crippen LogP contribution in [0.1, 0.15) is 10.4 Å². The van der Waals surface area contributed by atoms with Gasteiger partial charge in [0.25, 0.3) is 11.5 Å². The molecule has 0 aliphatic rings. The van der Waals surface area contributed by atoms with E-state index in [9.17, 15) is 14.0 Å². The maximum absolute atomic E-state index is 13.0. The van der Waals surface area contributed by atoms with Crippen LogP contribution in [-0.2, 0) is 7.05 Å². The van der Waals surface area contributed by atoms with Crippen molar-refractivity contribution >= 4 is 16.8 Å². The summed E-state index contributed by atoms with van der Waals surface area (Å²) in [5.41, 5.74) is 5.00. The third kappa shape index (κ3) is 1.46. The fourth-order valence-electron chi connectivity index (χ4n) is 1.63. The van der Waals surface area contributed by atoms with Crippen molar-refractivity contribution in [3.8, 4) is 0 Å². The van der Waals surface area contributed by atoms with Gasteiger partial charge in [-0.1, -0.05) is 0 Å². The van der Waals surface area contributed by atoms with Crippen molar-refractivity contribution < 1.29 is 9.18 Å². The number of hydrogen-bond donors (Lipinski definition) is 1. The largest absolute Gasteiger partial charge is 0.365 e. The first-order valence-corrected chi connectivity index (χ1v) is 4.60. The number of carbonyl (C=O) groups excluding carboxylic acids is 1. The molecule has 5 heteroatoms. The van der Waals surface area contributed by atoms with Crippen molar-refractivity contribution in [3.63, 3.8) is 0 Å². The van der Waals surface area contributed by atoms with Crippen molar-refractivity contribution in [1.82, 2.24) is 4.57 Å². The monoisotopic (exact) mass is 220 g/mol. The molecule has 0 aliphatic carbocycles. The van der Waals surface area contributed by atoms with Crippen LogP contribution in [0.3, 0.4) is 0 Å². The van der Waals surface area contributed by atoms with E-state index in [0.717, 1.165) is 0 Å². The highest BCUT2D eigenvalue weighted by atomic mass is 19.1. The molecule has 0 aliphatic heterocycles. The fraction of sp³-hybridized carbons (Fsp3) is 0.0909. The first kappa shape index (κ1) is 10.4. The number of amides is 1. The average molecular weight is 220 g/mol. The summed E-state index contributed by atoms with van der Waals surface area (Å²) in [5, 5.41) is 0.468. The van der Waals surface area contributed by atoms with Gasteiger partial charge in [-0.3, -0.25) is 9.59 Å². The van der Waals surface area contributed by atoms with Gasteiger partial charge in [-0.25, -0.2) is 4.39 Å². The fourth-order valence-corrected chi connectivity index (χ4v) is 1.63. The molecule has 0 fully saturated rings. The molecule has 1 aromatic carbocycles. The second-order valence-corrected chi connectivity index (χ2v) is 3.49. The van der Waals surface area contributed by atoms with E-state index in [2.05, 4.69) is 0 Å². The summed E-state index contributed by atoms with van der Waals surface area (Å²) in [6.45, 7) is 0. The molecule has 0 radical (unpaired) electrons. The quantitative estimate of drug-likeness (QED) is 0.771. The molecule has 16 heavy (non-hydrogen) atoms. The second kappa shape index (κ2) is 3.44. The van der Waals surface area contributed by atoms with Crippen molar-refractivity contribution in [2.75, 3.05) is 0 Å². The molecular weight excluding hydrogens is 211 g/mol. The number of carbonyl (C=O) groups is 1. The molecule has 0 saturated carbocycles. The van der Waals surface area contributed by atoms with E-state index in [-0.39, 0.29) is 5.56 Å². The van der Waals surface area contributed by atoms with Crippen LogP contribution in [0.5, 0.6) is 0 Å². The van der Waals surface area contributed by atoms with Crippen molar-refractivity contribution in [2.45, 2.75) is 0 Å². The molecule has 2 N–H and O–H groups in total. The minimum atomic E-state index is -0.813. The molecule has 2 aromatic rings. The maximum atomic E-state index is 13.0. The molecule has 1 heterocycles. The van der Waals surface area contributed by atoms with Crippen molar-refractivity contribution in [1.29, 1.82) is 0 Å². The molecule has 0 unspecified atom stereocenters. The van der Waals surface area contributed by atoms with Gasteiger partial charge in [-0.05, 0) is 24.3 Å². The number of aromatic nitrogens is 1. The molecule has 0 atom stereocenters. The number of nitrogens with zero attached hydrogens (tertiary/aromatic N) is 1. The van der Waals surface area contributed by atoms with E-state index in [4.69, 9.17) is 5.73 Å². The molecule has 0 saturated heterocycles. The van der Waals surface area contributed by atoms with Crippen LogP contribution in [-0.4, -0.2) is 10.5 Å². The Balaban J connectivity index is 2.94.